The van der Waals surface area contributed by atoms with Gasteiger partial charge in [-0.15, -0.1) is 0 Å². The monoisotopic (exact) mass is 348 g/mol. The molecule has 1 aliphatic rings. The fourth-order valence-electron chi connectivity index (χ4n) is 3.28. The molecule has 26 heavy (non-hydrogen) atoms. The predicted molar refractivity (Wildman–Crippen MR) is 105 cm³/mol. The van der Waals surface area contributed by atoms with Gasteiger partial charge in [-0.1, -0.05) is 50.2 Å². The van der Waals surface area contributed by atoms with E-state index in [2.05, 4.69) is 25.2 Å². The zero-order valence-electron chi connectivity index (χ0n) is 15.4. The standard InChI is InChI=1S/C22H24N2O2/c1-15(2)18-8-6-9-19(13-18)23-22(26)14-21-20-10-5-4-7-17(20)11-12-24(21)16(3)25/h4-13,15,21H,14H2,1-3H3,(H,23,26)/t21-/m1/s1. The maximum atomic E-state index is 12.7. The molecule has 0 aromatic heterocycles. The second-order valence-electron chi connectivity index (χ2n) is 6.92. The summed E-state index contributed by atoms with van der Waals surface area (Å²) in [5.41, 5.74) is 4.01. The lowest BCUT2D eigenvalue weighted by molar-refractivity contribution is -0.129. The normalized spacial score (nSPS) is 15.7. The summed E-state index contributed by atoms with van der Waals surface area (Å²) < 4.78 is 0. The molecule has 0 aliphatic carbocycles. The molecule has 0 saturated heterocycles. The Hall–Kier alpha value is -2.88. The second kappa shape index (κ2) is 7.56. The third kappa shape index (κ3) is 3.85. The van der Waals surface area contributed by atoms with Gasteiger partial charge in [0.1, 0.15) is 0 Å². The molecule has 0 saturated carbocycles. The summed E-state index contributed by atoms with van der Waals surface area (Å²) >= 11 is 0. The van der Waals surface area contributed by atoms with Crippen molar-refractivity contribution >= 4 is 23.6 Å². The van der Waals surface area contributed by atoms with Gasteiger partial charge >= 0.3 is 0 Å². The SMILES string of the molecule is CC(=O)N1C=Cc2ccccc2[C@H]1CC(=O)Nc1cccc(C(C)C)c1. The zero-order chi connectivity index (χ0) is 18.7. The number of nitrogens with one attached hydrogen (secondary N) is 1. The Kier molecular flexibility index (Phi) is 5.21. The number of benzene rings is 2. The molecular formula is C22H24N2O2. The van der Waals surface area contributed by atoms with E-state index in [0.29, 0.717) is 5.92 Å². The zero-order valence-corrected chi connectivity index (χ0v) is 15.4. The van der Waals surface area contributed by atoms with Gasteiger partial charge in [0.2, 0.25) is 11.8 Å². The quantitative estimate of drug-likeness (QED) is 0.870. The van der Waals surface area contributed by atoms with Crippen molar-refractivity contribution in [3.63, 3.8) is 0 Å². The van der Waals surface area contributed by atoms with Crippen LogP contribution >= 0.6 is 0 Å². The lowest BCUT2D eigenvalue weighted by Crippen LogP contribution is -2.33. The van der Waals surface area contributed by atoms with Gasteiger partial charge in [-0.25, -0.2) is 0 Å². The average Bonchev–Trinajstić information content (AvgIpc) is 2.61. The van der Waals surface area contributed by atoms with Crippen LogP contribution in [-0.2, 0) is 9.59 Å². The van der Waals surface area contributed by atoms with Crippen LogP contribution in [-0.4, -0.2) is 16.7 Å². The van der Waals surface area contributed by atoms with Crippen molar-refractivity contribution in [3.8, 4) is 0 Å². The van der Waals surface area contributed by atoms with E-state index in [1.54, 1.807) is 11.1 Å². The maximum absolute atomic E-state index is 12.7. The Labute approximate surface area is 154 Å². The van der Waals surface area contributed by atoms with E-state index in [1.807, 2.05) is 48.5 Å². The van der Waals surface area contributed by atoms with Gasteiger partial charge in [-0.2, -0.15) is 0 Å². The molecule has 2 aromatic rings. The minimum atomic E-state index is -0.290. The first-order valence-corrected chi connectivity index (χ1v) is 8.91. The molecule has 4 heteroatoms. The Morgan fingerprint density at radius 1 is 1.12 bits per heavy atom. The number of nitrogens with zero attached hydrogens (tertiary/aromatic N) is 1. The number of hydrogen-bond acceptors (Lipinski definition) is 2. The van der Waals surface area contributed by atoms with Crippen molar-refractivity contribution in [2.75, 3.05) is 5.32 Å². The molecule has 134 valence electrons. The highest BCUT2D eigenvalue weighted by Crippen LogP contribution is 2.33. The van der Waals surface area contributed by atoms with Crippen LogP contribution in [0.3, 0.4) is 0 Å². The first kappa shape index (κ1) is 17.9. The van der Waals surface area contributed by atoms with Crippen molar-refractivity contribution < 1.29 is 9.59 Å². The Bertz CT molecular complexity index is 855. The van der Waals surface area contributed by atoms with Crippen LogP contribution in [0.15, 0.2) is 54.7 Å². The smallest absolute Gasteiger partial charge is 0.226 e. The minimum Gasteiger partial charge on any atom is -0.326 e. The van der Waals surface area contributed by atoms with Crippen LogP contribution in [0.2, 0.25) is 0 Å². The molecule has 3 rings (SSSR count). The Morgan fingerprint density at radius 3 is 2.62 bits per heavy atom. The summed E-state index contributed by atoms with van der Waals surface area (Å²) in [5.74, 6) is 0.220. The van der Waals surface area contributed by atoms with Crippen LogP contribution < -0.4 is 5.32 Å². The number of anilines is 1. The van der Waals surface area contributed by atoms with Crippen molar-refractivity contribution in [1.29, 1.82) is 0 Å². The first-order chi connectivity index (χ1) is 12.5. The van der Waals surface area contributed by atoms with Crippen LogP contribution in [0, 0.1) is 0 Å². The van der Waals surface area contributed by atoms with E-state index >= 15 is 0 Å². The molecule has 0 fully saturated rings. The first-order valence-electron chi connectivity index (χ1n) is 8.91. The Morgan fingerprint density at radius 2 is 1.88 bits per heavy atom. The van der Waals surface area contributed by atoms with Crippen LogP contribution in [0.4, 0.5) is 5.69 Å². The fraction of sp³-hybridized carbons (Fsp3) is 0.273. The summed E-state index contributed by atoms with van der Waals surface area (Å²) in [5, 5.41) is 2.97. The molecule has 0 spiro atoms. The predicted octanol–water partition coefficient (Wildman–Crippen LogP) is 4.71. The molecule has 1 heterocycles. The largest absolute Gasteiger partial charge is 0.326 e. The highest BCUT2D eigenvalue weighted by molar-refractivity contribution is 5.92. The fourth-order valence-corrected chi connectivity index (χ4v) is 3.28. The molecule has 1 N–H and O–H groups in total. The third-order valence-corrected chi connectivity index (χ3v) is 4.68. The van der Waals surface area contributed by atoms with Gasteiger partial charge in [0.25, 0.3) is 0 Å². The maximum Gasteiger partial charge on any atom is 0.226 e. The number of amides is 2. The number of carbonyl (C=O) groups is 2. The van der Waals surface area contributed by atoms with Crippen molar-refractivity contribution in [1.82, 2.24) is 4.90 Å². The average molecular weight is 348 g/mol. The lowest BCUT2D eigenvalue weighted by Gasteiger charge is -2.32. The topological polar surface area (TPSA) is 49.4 Å². The van der Waals surface area contributed by atoms with E-state index < -0.39 is 0 Å². The summed E-state index contributed by atoms with van der Waals surface area (Å²) in [6.07, 6.45) is 3.89. The van der Waals surface area contributed by atoms with E-state index in [0.717, 1.165) is 16.8 Å². The van der Waals surface area contributed by atoms with E-state index in [9.17, 15) is 9.59 Å². The van der Waals surface area contributed by atoms with Gasteiger partial charge in [0, 0.05) is 18.8 Å². The van der Waals surface area contributed by atoms with Crippen molar-refractivity contribution in [3.05, 3.63) is 71.4 Å². The van der Waals surface area contributed by atoms with Crippen LogP contribution in [0.5, 0.6) is 0 Å². The molecule has 2 aromatic carbocycles. The van der Waals surface area contributed by atoms with Gasteiger partial charge < -0.3 is 10.2 Å². The second-order valence-corrected chi connectivity index (χ2v) is 6.92. The number of rotatable bonds is 4. The molecule has 2 amide bonds. The molecule has 1 atom stereocenters. The van der Waals surface area contributed by atoms with Crippen LogP contribution in [0.25, 0.3) is 6.08 Å². The van der Waals surface area contributed by atoms with Crippen molar-refractivity contribution in [2.24, 2.45) is 0 Å². The third-order valence-electron chi connectivity index (χ3n) is 4.68. The molecule has 0 bridgehead atoms. The molecule has 0 radical (unpaired) electrons. The highest BCUT2D eigenvalue weighted by Gasteiger charge is 2.28. The summed E-state index contributed by atoms with van der Waals surface area (Å²) in [6, 6.07) is 15.5. The minimum absolute atomic E-state index is 0.0737. The highest BCUT2D eigenvalue weighted by atomic mass is 16.2. The Balaban J connectivity index is 1.79. The van der Waals surface area contributed by atoms with E-state index in [4.69, 9.17) is 0 Å². The number of carbonyl (C=O) groups excluding carboxylic acids is 2. The molecule has 0 unspecified atom stereocenters. The van der Waals surface area contributed by atoms with E-state index in [-0.39, 0.29) is 24.3 Å². The number of fused-ring (bicyclic) bond motifs is 1. The van der Waals surface area contributed by atoms with Gasteiger partial charge in [-0.05, 0) is 40.8 Å². The molecule has 4 nitrogen and oxygen atoms in total. The van der Waals surface area contributed by atoms with Crippen LogP contribution in [0.1, 0.15) is 55.8 Å². The van der Waals surface area contributed by atoms with Gasteiger partial charge in [0.15, 0.2) is 0 Å². The summed E-state index contributed by atoms with van der Waals surface area (Å²) in [4.78, 5) is 26.3. The summed E-state index contributed by atoms with van der Waals surface area (Å²) in [7, 11) is 0. The van der Waals surface area contributed by atoms with E-state index in [1.165, 1.54) is 12.5 Å². The van der Waals surface area contributed by atoms with Gasteiger partial charge in [0.05, 0.1) is 12.5 Å². The number of hydrogen-bond donors (Lipinski definition) is 1. The molecular weight excluding hydrogens is 324 g/mol. The van der Waals surface area contributed by atoms with Crippen molar-refractivity contribution in [2.45, 2.75) is 39.2 Å². The summed E-state index contributed by atoms with van der Waals surface area (Å²) in [6.45, 7) is 5.77. The molecule has 1 aliphatic heterocycles. The lowest BCUT2D eigenvalue weighted by atomic mass is 9.93. The van der Waals surface area contributed by atoms with Gasteiger partial charge in [-0.3, -0.25) is 9.59 Å².